The lowest BCUT2D eigenvalue weighted by Crippen LogP contribution is -2.31. The van der Waals surface area contributed by atoms with E-state index >= 15 is 0 Å². The molecule has 0 aromatic heterocycles. The smallest absolute Gasteiger partial charge is 0.340 e. The van der Waals surface area contributed by atoms with Gasteiger partial charge < -0.3 is 5.11 Å². The van der Waals surface area contributed by atoms with E-state index in [9.17, 15) is 23.9 Å². The Kier molecular flexibility index (Phi) is 3.29. The van der Waals surface area contributed by atoms with Crippen molar-refractivity contribution >= 4 is 39.4 Å². The van der Waals surface area contributed by atoms with Crippen LogP contribution >= 0.6 is 15.9 Å². The lowest BCUT2D eigenvalue weighted by Gasteiger charge is -2.17. The third kappa shape index (κ3) is 1.93. The summed E-state index contributed by atoms with van der Waals surface area (Å²) >= 11 is 2.89. The number of amides is 2. The van der Waals surface area contributed by atoms with Crippen molar-refractivity contribution in [2.75, 3.05) is 4.90 Å². The van der Waals surface area contributed by atoms with E-state index < -0.39 is 29.2 Å². The quantitative estimate of drug-likeness (QED) is 0.832. The van der Waals surface area contributed by atoms with E-state index in [1.165, 1.54) is 24.3 Å². The molecular formula is C15H7BrFNO4. The molecule has 0 saturated carbocycles. The van der Waals surface area contributed by atoms with Crippen molar-refractivity contribution in [2.24, 2.45) is 0 Å². The first kappa shape index (κ1) is 14.4. The van der Waals surface area contributed by atoms with Gasteiger partial charge in [0, 0.05) is 0 Å². The number of nitrogens with zero attached hydrogens (tertiary/aromatic N) is 1. The predicted molar refractivity (Wildman–Crippen MR) is 78.6 cm³/mol. The van der Waals surface area contributed by atoms with E-state index in [-0.39, 0.29) is 21.3 Å². The van der Waals surface area contributed by atoms with E-state index in [4.69, 9.17) is 0 Å². The Labute approximate surface area is 132 Å². The van der Waals surface area contributed by atoms with Crippen molar-refractivity contribution in [3.8, 4) is 0 Å². The van der Waals surface area contributed by atoms with E-state index in [1.807, 2.05) is 0 Å². The molecule has 2 aromatic rings. The first-order valence-electron chi connectivity index (χ1n) is 6.12. The van der Waals surface area contributed by atoms with E-state index in [2.05, 4.69) is 15.9 Å². The lowest BCUT2D eigenvalue weighted by atomic mass is 10.1. The molecule has 0 aliphatic carbocycles. The van der Waals surface area contributed by atoms with Crippen LogP contribution < -0.4 is 4.90 Å². The highest BCUT2D eigenvalue weighted by Gasteiger charge is 2.39. The molecule has 0 bridgehead atoms. The third-order valence-corrected chi connectivity index (χ3v) is 3.93. The highest BCUT2D eigenvalue weighted by molar-refractivity contribution is 9.10. The number of halogens is 2. The van der Waals surface area contributed by atoms with Gasteiger partial charge in [-0.25, -0.2) is 14.1 Å². The number of carbonyl (C=O) groups excluding carboxylic acids is 2. The molecule has 0 spiro atoms. The van der Waals surface area contributed by atoms with Crippen LogP contribution in [0.3, 0.4) is 0 Å². The fraction of sp³-hybridized carbons (Fsp3) is 0. The molecule has 1 heterocycles. The molecular weight excluding hydrogens is 357 g/mol. The van der Waals surface area contributed by atoms with E-state index in [0.717, 1.165) is 0 Å². The van der Waals surface area contributed by atoms with Crippen LogP contribution in [-0.4, -0.2) is 22.9 Å². The molecule has 0 fully saturated rings. The van der Waals surface area contributed by atoms with Crippen molar-refractivity contribution < 1.29 is 23.9 Å². The molecule has 1 aliphatic rings. The maximum Gasteiger partial charge on any atom is 0.340 e. The molecule has 3 rings (SSSR count). The zero-order valence-electron chi connectivity index (χ0n) is 10.8. The van der Waals surface area contributed by atoms with Gasteiger partial charge in [0.05, 0.1) is 21.3 Å². The van der Waals surface area contributed by atoms with Gasteiger partial charge in [0.25, 0.3) is 11.8 Å². The minimum absolute atomic E-state index is 0.0646. The molecule has 5 nitrogen and oxygen atoms in total. The highest BCUT2D eigenvalue weighted by atomic mass is 79.9. The topological polar surface area (TPSA) is 74.7 Å². The number of imide groups is 1. The number of fused-ring (bicyclic) bond motifs is 1. The predicted octanol–water partition coefficient (Wildman–Crippen LogP) is 3.09. The van der Waals surface area contributed by atoms with Crippen LogP contribution in [0.25, 0.3) is 0 Å². The molecule has 22 heavy (non-hydrogen) atoms. The van der Waals surface area contributed by atoms with Crippen LogP contribution in [0, 0.1) is 5.82 Å². The van der Waals surface area contributed by atoms with E-state index in [1.54, 1.807) is 12.1 Å². The summed E-state index contributed by atoms with van der Waals surface area (Å²) in [6.07, 6.45) is 0. The van der Waals surface area contributed by atoms with Crippen LogP contribution in [-0.2, 0) is 0 Å². The maximum absolute atomic E-state index is 14.1. The van der Waals surface area contributed by atoms with Gasteiger partial charge in [0.15, 0.2) is 5.82 Å². The fourth-order valence-corrected chi connectivity index (χ4v) is 2.67. The van der Waals surface area contributed by atoms with Crippen molar-refractivity contribution in [1.82, 2.24) is 0 Å². The number of carboxylic acid groups (broad SMARTS) is 1. The summed E-state index contributed by atoms with van der Waals surface area (Å²) < 4.78 is 14.0. The number of rotatable bonds is 2. The minimum Gasteiger partial charge on any atom is -0.478 e. The number of aromatic carboxylic acids is 1. The Bertz CT molecular complexity index is 814. The van der Waals surface area contributed by atoms with Crippen LogP contribution in [0.1, 0.15) is 31.1 Å². The lowest BCUT2D eigenvalue weighted by molar-refractivity contribution is 0.0692. The Balaban J connectivity index is 2.23. The second-order valence-electron chi connectivity index (χ2n) is 4.55. The van der Waals surface area contributed by atoms with Crippen molar-refractivity contribution in [3.63, 3.8) is 0 Å². The van der Waals surface area contributed by atoms with Gasteiger partial charge in [-0.2, -0.15) is 0 Å². The summed E-state index contributed by atoms with van der Waals surface area (Å²) in [4.78, 5) is 36.7. The Morgan fingerprint density at radius 1 is 1.05 bits per heavy atom. The summed E-state index contributed by atoms with van der Waals surface area (Å²) in [5.41, 5.74) is -0.706. The summed E-state index contributed by atoms with van der Waals surface area (Å²) in [5, 5.41) is 9.21. The first-order valence-corrected chi connectivity index (χ1v) is 6.92. The summed E-state index contributed by atoms with van der Waals surface area (Å²) in [6, 6.07) is 8.58. The molecule has 0 unspecified atom stereocenters. The zero-order chi connectivity index (χ0) is 16.0. The zero-order valence-corrected chi connectivity index (χ0v) is 12.4. The van der Waals surface area contributed by atoms with Crippen molar-refractivity contribution in [2.45, 2.75) is 0 Å². The standard InChI is InChI=1S/C15H7BrFNO4/c16-9-5-6-10(11(12(9)17)15(21)22)18-13(19)7-3-1-2-4-8(7)14(18)20/h1-6H,(H,21,22). The van der Waals surface area contributed by atoms with Crippen molar-refractivity contribution in [3.05, 3.63) is 63.4 Å². The number of hydrogen-bond donors (Lipinski definition) is 1. The Hall–Kier alpha value is -2.54. The minimum atomic E-state index is -1.56. The molecule has 1 N–H and O–H groups in total. The van der Waals surface area contributed by atoms with Crippen LogP contribution in [0.5, 0.6) is 0 Å². The molecule has 1 aliphatic heterocycles. The molecule has 110 valence electrons. The second-order valence-corrected chi connectivity index (χ2v) is 5.41. The van der Waals surface area contributed by atoms with Gasteiger partial charge in [0.1, 0.15) is 5.56 Å². The molecule has 0 saturated heterocycles. The van der Waals surface area contributed by atoms with Gasteiger partial charge in [0.2, 0.25) is 0 Å². The number of carboxylic acids is 1. The number of anilines is 1. The Morgan fingerprint density at radius 3 is 2.09 bits per heavy atom. The van der Waals surface area contributed by atoms with Crippen LogP contribution in [0.15, 0.2) is 40.9 Å². The number of hydrogen-bond acceptors (Lipinski definition) is 3. The third-order valence-electron chi connectivity index (χ3n) is 3.32. The number of carbonyl (C=O) groups is 3. The monoisotopic (exact) mass is 363 g/mol. The van der Waals surface area contributed by atoms with Crippen LogP contribution in [0.4, 0.5) is 10.1 Å². The molecule has 0 radical (unpaired) electrons. The normalized spacial score (nSPS) is 13.5. The van der Waals surface area contributed by atoms with Crippen molar-refractivity contribution in [1.29, 1.82) is 0 Å². The summed E-state index contributed by atoms with van der Waals surface area (Å²) in [6.45, 7) is 0. The summed E-state index contributed by atoms with van der Waals surface area (Å²) in [5.74, 6) is -3.96. The molecule has 0 atom stereocenters. The highest BCUT2D eigenvalue weighted by Crippen LogP contribution is 2.34. The molecule has 7 heteroatoms. The molecule has 2 aromatic carbocycles. The largest absolute Gasteiger partial charge is 0.478 e. The fourth-order valence-electron chi connectivity index (χ4n) is 2.34. The number of benzene rings is 2. The van der Waals surface area contributed by atoms with Gasteiger partial charge >= 0.3 is 5.97 Å². The van der Waals surface area contributed by atoms with E-state index in [0.29, 0.717) is 4.90 Å². The SMILES string of the molecule is O=C(O)c1c(N2C(=O)c3ccccc3C2=O)ccc(Br)c1F. The van der Waals surface area contributed by atoms with Gasteiger partial charge in [-0.05, 0) is 40.2 Å². The maximum atomic E-state index is 14.1. The summed E-state index contributed by atoms with van der Waals surface area (Å²) in [7, 11) is 0. The average molecular weight is 364 g/mol. The van der Waals surface area contributed by atoms with Crippen LogP contribution in [0.2, 0.25) is 0 Å². The first-order chi connectivity index (χ1) is 10.4. The average Bonchev–Trinajstić information content (AvgIpc) is 2.74. The Morgan fingerprint density at radius 2 is 1.59 bits per heavy atom. The second kappa shape index (κ2) is 5.03. The van der Waals surface area contributed by atoms with Gasteiger partial charge in [-0.1, -0.05) is 12.1 Å². The van der Waals surface area contributed by atoms with Gasteiger partial charge in [-0.3, -0.25) is 9.59 Å². The van der Waals surface area contributed by atoms with Gasteiger partial charge in [-0.15, -0.1) is 0 Å². The molecule has 2 amide bonds.